The zero-order valence-corrected chi connectivity index (χ0v) is 20.2. The second kappa shape index (κ2) is 11.1. The van der Waals surface area contributed by atoms with Crippen molar-refractivity contribution in [1.29, 1.82) is 0 Å². The maximum atomic E-state index is 13.4. The predicted octanol–water partition coefficient (Wildman–Crippen LogP) is 2.47. The number of anilines is 1. The van der Waals surface area contributed by atoms with Crippen LogP contribution in [-0.4, -0.2) is 42.7 Å². The van der Waals surface area contributed by atoms with E-state index < -0.39 is 41.6 Å². The molecule has 0 aliphatic carbocycles. The quantitative estimate of drug-likeness (QED) is 0.430. The molecule has 0 radical (unpaired) electrons. The fraction of sp³-hybridized carbons (Fsp3) is 0.185. The van der Waals surface area contributed by atoms with Gasteiger partial charge >= 0.3 is 0 Å². The zero-order chi connectivity index (χ0) is 26.5. The summed E-state index contributed by atoms with van der Waals surface area (Å²) in [6.07, 6.45) is -1.51. The molecule has 190 valence electrons. The molecule has 3 aromatic carbocycles. The number of fused-ring (bicyclic) bond motifs is 1. The van der Waals surface area contributed by atoms with Crippen LogP contribution in [0.25, 0.3) is 0 Å². The number of nitrogens with zero attached hydrogens (tertiary/aromatic N) is 2. The summed E-state index contributed by atoms with van der Waals surface area (Å²) in [4.78, 5) is 44.4. The van der Waals surface area contributed by atoms with Crippen molar-refractivity contribution in [3.05, 3.63) is 101 Å². The first-order valence-corrected chi connectivity index (χ1v) is 11.5. The molecule has 3 aromatic rings. The number of rotatable bonds is 7. The molecule has 0 fully saturated rings. The van der Waals surface area contributed by atoms with Gasteiger partial charge in [0.05, 0.1) is 17.8 Å². The molecule has 10 heteroatoms. The number of benzodiazepines with no additional fused rings is 1. The molecule has 1 aliphatic heterocycles. The van der Waals surface area contributed by atoms with Crippen LogP contribution in [0, 0.1) is 11.6 Å². The molecule has 8 nitrogen and oxygen atoms in total. The molecule has 0 saturated carbocycles. The maximum Gasteiger partial charge on any atom is 0.272 e. The van der Waals surface area contributed by atoms with Crippen molar-refractivity contribution in [2.24, 2.45) is 4.99 Å². The minimum Gasteiger partial charge on any atom is -0.325 e. The van der Waals surface area contributed by atoms with Gasteiger partial charge in [0.15, 0.2) is 0 Å². The average Bonchev–Trinajstić information content (AvgIpc) is 2.98. The molecule has 0 spiro atoms. The molecule has 1 heterocycles. The fourth-order valence-corrected chi connectivity index (χ4v) is 3.90. The summed E-state index contributed by atoms with van der Waals surface area (Å²) in [5.41, 5.74) is 7.76. The second-order valence-corrected chi connectivity index (χ2v) is 8.54. The number of nitrogens with one attached hydrogen (secondary N) is 3. The first kappa shape index (κ1) is 25.6. The van der Waals surface area contributed by atoms with E-state index in [1.54, 1.807) is 13.1 Å². The number of hydrogen-bond acceptors (Lipinski definition) is 5. The third-order valence-electron chi connectivity index (χ3n) is 5.78. The highest BCUT2D eigenvalue weighted by atomic mass is 19.1. The van der Waals surface area contributed by atoms with Crippen molar-refractivity contribution in [3.8, 4) is 0 Å². The molecule has 0 bridgehead atoms. The van der Waals surface area contributed by atoms with Crippen molar-refractivity contribution in [2.75, 3.05) is 11.9 Å². The fourth-order valence-electron chi connectivity index (χ4n) is 3.90. The lowest BCUT2D eigenvalue weighted by atomic mass is 10.0. The first-order valence-electron chi connectivity index (χ1n) is 11.5. The average molecular weight is 506 g/mol. The summed E-state index contributed by atoms with van der Waals surface area (Å²) in [6, 6.07) is 18.5. The Morgan fingerprint density at radius 3 is 2.35 bits per heavy atom. The van der Waals surface area contributed by atoms with Gasteiger partial charge in [0.25, 0.3) is 5.91 Å². The number of aliphatic imine (C=N–C) groups is 1. The van der Waals surface area contributed by atoms with E-state index in [9.17, 15) is 23.2 Å². The molecule has 0 saturated heterocycles. The number of amides is 3. The molecule has 1 unspecified atom stereocenters. The summed E-state index contributed by atoms with van der Waals surface area (Å²) in [7, 11) is 1.61. The van der Waals surface area contributed by atoms with Crippen molar-refractivity contribution in [1.82, 2.24) is 16.2 Å². The maximum absolute atomic E-state index is 13.4. The molecular formula is C27H25F2N5O3. The number of para-hydroxylation sites is 1. The Bertz CT molecular complexity index is 1340. The van der Waals surface area contributed by atoms with Crippen LogP contribution in [0.4, 0.5) is 14.5 Å². The van der Waals surface area contributed by atoms with Crippen LogP contribution in [-0.2, 0) is 20.8 Å². The Hall–Kier alpha value is -4.44. The number of carbonyl (C=O) groups excluding carboxylic acids is 3. The van der Waals surface area contributed by atoms with Gasteiger partial charge in [0, 0.05) is 24.2 Å². The number of hydrogen-bond donors (Lipinski definition) is 3. The SMILES string of the molecule is C[C@H](NNC(=O)Cc1cc(F)cc(F)c1)C(=O)NC1N=C(c2ccccc2)c2ccccc2N(C)C1=O. The Labute approximate surface area is 212 Å². The lowest BCUT2D eigenvalue weighted by Crippen LogP contribution is -2.54. The van der Waals surface area contributed by atoms with Gasteiger partial charge in [-0.25, -0.2) is 19.2 Å². The Balaban J connectivity index is 1.47. The monoisotopic (exact) mass is 505 g/mol. The summed E-state index contributed by atoms with van der Waals surface area (Å²) in [6.45, 7) is 1.49. The van der Waals surface area contributed by atoms with Crippen molar-refractivity contribution >= 4 is 29.1 Å². The second-order valence-electron chi connectivity index (χ2n) is 8.54. The Morgan fingerprint density at radius 2 is 1.65 bits per heavy atom. The van der Waals surface area contributed by atoms with E-state index in [1.807, 2.05) is 48.5 Å². The number of halogens is 2. The zero-order valence-electron chi connectivity index (χ0n) is 20.2. The van der Waals surface area contributed by atoms with Crippen LogP contribution < -0.4 is 21.1 Å². The highest BCUT2D eigenvalue weighted by Gasteiger charge is 2.31. The van der Waals surface area contributed by atoms with Gasteiger partial charge in [-0.3, -0.25) is 19.8 Å². The molecule has 0 aromatic heterocycles. The van der Waals surface area contributed by atoms with E-state index in [2.05, 4.69) is 21.2 Å². The minimum absolute atomic E-state index is 0.142. The first-order chi connectivity index (χ1) is 17.7. The topological polar surface area (TPSA) is 103 Å². The highest BCUT2D eigenvalue weighted by molar-refractivity contribution is 6.20. The molecule has 3 N–H and O–H groups in total. The lowest BCUT2D eigenvalue weighted by molar-refractivity contribution is -0.129. The van der Waals surface area contributed by atoms with Crippen molar-refractivity contribution in [3.63, 3.8) is 0 Å². The summed E-state index contributed by atoms with van der Waals surface area (Å²) in [5.74, 6) is -3.21. The van der Waals surface area contributed by atoms with Gasteiger partial charge in [0.2, 0.25) is 18.0 Å². The van der Waals surface area contributed by atoms with E-state index in [4.69, 9.17) is 0 Å². The van der Waals surface area contributed by atoms with Crippen LogP contribution >= 0.6 is 0 Å². The van der Waals surface area contributed by atoms with Crippen LogP contribution in [0.2, 0.25) is 0 Å². The van der Waals surface area contributed by atoms with E-state index in [0.717, 1.165) is 23.3 Å². The van der Waals surface area contributed by atoms with Crippen LogP contribution in [0.3, 0.4) is 0 Å². The van der Waals surface area contributed by atoms with E-state index in [1.165, 1.54) is 11.8 Å². The summed E-state index contributed by atoms with van der Waals surface area (Å²) in [5, 5.41) is 2.63. The van der Waals surface area contributed by atoms with E-state index in [-0.39, 0.29) is 12.0 Å². The number of benzene rings is 3. The van der Waals surface area contributed by atoms with Gasteiger partial charge in [-0.2, -0.15) is 0 Å². The number of carbonyl (C=O) groups is 3. The largest absolute Gasteiger partial charge is 0.325 e. The van der Waals surface area contributed by atoms with Gasteiger partial charge in [0.1, 0.15) is 17.7 Å². The van der Waals surface area contributed by atoms with E-state index >= 15 is 0 Å². The smallest absolute Gasteiger partial charge is 0.272 e. The third-order valence-corrected chi connectivity index (χ3v) is 5.78. The number of hydrazine groups is 1. The molecular weight excluding hydrogens is 480 g/mol. The van der Waals surface area contributed by atoms with Crippen LogP contribution in [0.1, 0.15) is 23.6 Å². The third kappa shape index (κ3) is 6.04. The van der Waals surface area contributed by atoms with E-state index in [0.29, 0.717) is 17.5 Å². The summed E-state index contributed by atoms with van der Waals surface area (Å²) < 4.78 is 26.7. The van der Waals surface area contributed by atoms with Gasteiger partial charge in [-0.05, 0) is 30.7 Å². The normalized spacial score (nSPS) is 15.8. The molecule has 3 amide bonds. The molecule has 4 rings (SSSR count). The van der Waals surface area contributed by atoms with Gasteiger partial charge in [-0.1, -0.05) is 48.5 Å². The van der Waals surface area contributed by atoms with Gasteiger partial charge in [-0.15, -0.1) is 0 Å². The van der Waals surface area contributed by atoms with Crippen LogP contribution in [0.15, 0.2) is 77.8 Å². The molecule has 2 atom stereocenters. The Morgan fingerprint density at radius 1 is 1.00 bits per heavy atom. The molecule has 1 aliphatic rings. The highest BCUT2D eigenvalue weighted by Crippen LogP contribution is 2.27. The number of likely N-dealkylation sites (N-methyl/N-ethyl adjacent to an activating group) is 1. The predicted molar refractivity (Wildman–Crippen MR) is 135 cm³/mol. The summed E-state index contributed by atoms with van der Waals surface area (Å²) >= 11 is 0. The molecule has 37 heavy (non-hydrogen) atoms. The van der Waals surface area contributed by atoms with Gasteiger partial charge < -0.3 is 10.2 Å². The van der Waals surface area contributed by atoms with Crippen molar-refractivity contribution in [2.45, 2.75) is 25.6 Å². The van der Waals surface area contributed by atoms with Crippen molar-refractivity contribution < 1.29 is 23.2 Å². The van der Waals surface area contributed by atoms with Crippen LogP contribution in [0.5, 0.6) is 0 Å². The Kier molecular flexibility index (Phi) is 7.69. The standard InChI is InChI=1S/C27H25F2N5O3/c1-16(32-33-23(35)14-17-12-19(28)15-20(29)13-17)26(36)31-25-27(37)34(2)22-11-7-6-10-21(22)24(30-25)18-8-4-3-5-9-18/h3-13,15-16,25,32H,14H2,1-2H3,(H,31,36)(H,33,35)/t16-,25?/m0/s1. The minimum atomic E-state index is -1.21. The lowest BCUT2D eigenvalue weighted by Gasteiger charge is -2.22.